The number of nitrogens with zero attached hydrogens (tertiary/aromatic N) is 1. The summed E-state index contributed by atoms with van der Waals surface area (Å²) < 4.78 is 25.4. The van der Waals surface area contributed by atoms with Gasteiger partial charge in [-0.25, -0.2) is 12.7 Å². The quantitative estimate of drug-likeness (QED) is 0.723. The third-order valence-electron chi connectivity index (χ3n) is 3.56. The van der Waals surface area contributed by atoms with Gasteiger partial charge in [0.25, 0.3) is 0 Å². The molecule has 1 aliphatic rings. The van der Waals surface area contributed by atoms with Crippen molar-refractivity contribution in [3.05, 3.63) is 0 Å². The maximum absolute atomic E-state index is 12.2. The summed E-state index contributed by atoms with van der Waals surface area (Å²) in [6.45, 7) is 5.29. The smallest absolute Gasteiger partial charge is 0.228 e. The van der Waals surface area contributed by atoms with E-state index in [0.717, 1.165) is 0 Å². The summed E-state index contributed by atoms with van der Waals surface area (Å²) in [6.07, 6.45) is 6.17. The van der Waals surface area contributed by atoms with Crippen molar-refractivity contribution in [3.8, 4) is 0 Å². The number of sulfonamides is 1. The normalized spacial score (nSPS) is 20.2. The van der Waals surface area contributed by atoms with Crippen LogP contribution in [0.15, 0.2) is 0 Å². The van der Waals surface area contributed by atoms with Gasteiger partial charge in [-0.05, 0) is 12.8 Å². The van der Waals surface area contributed by atoms with E-state index in [-0.39, 0.29) is 0 Å². The number of alkyl halides is 1. The Hall–Kier alpha value is 0.350. The van der Waals surface area contributed by atoms with Crippen LogP contribution < -0.4 is 5.32 Å². The monoisotopic (exact) mass is 340 g/mol. The fourth-order valence-electron chi connectivity index (χ4n) is 2.42. The first kappa shape index (κ1) is 16.4. The molecule has 0 aromatic heterocycles. The maximum Gasteiger partial charge on any atom is 0.228 e. The SMILES string of the molecule is CCN(CC)S(=O)(=O)C(Br)CNC1CCCCC1. The predicted octanol–water partition coefficient (Wildman–Crippen LogP) is 2.30. The molecule has 0 aromatic rings. The van der Waals surface area contributed by atoms with Gasteiger partial charge in [0, 0.05) is 25.7 Å². The summed E-state index contributed by atoms with van der Waals surface area (Å²) in [5.74, 6) is 0. The van der Waals surface area contributed by atoms with Crippen molar-refractivity contribution < 1.29 is 8.42 Å². The fraction of sp³-hybridized carbons (Fsp3) is 1.00. The van der Waals surface area contributed by atoms with E-state index >= 15 is 0 Å². The second-order valence-electron chi connectivity index (χ2n) is 4.78. The van der Waals surface area contributed by atoms with Crippen molar-refractivity contribution in [2.75, 3.05) is 19.6 Å². The van der Waals surface area contributed by atoms with E-state index in [1.165, 1.54) is 36.4 Å². The lowest BCUT2D eigenvalue weighted by Gasteiger charge is -2.26. The van der Waals surface area contributed by atoms with E-state index < -0.39 is 14.2 Å². The highest BCUT2D eigenvalue weighted by Crippen LogP contribution is 2.19. The van der Waals surface area contributed by atoms with Crippen molar-refractivity contribution in [3.63, 3.8) is 0 Å². The molecule has 0 radical (unpaired) electrons. The molecule has 1 saturated carbocycles. The molecule has 1 N–H and O–H groups in total. The second-order valence-corrected chi connectivity index (χ2v) is 8.61. The Balaban J connectivity index is 2.45. The first-order chi connectivity index (χ1) is 8.52. The Bertz CT molecular complexity index is 325. The van der Waals surface area contributed by atoms with Crippen LogP contribution in [0.25, 0.3) is 0 Å². The zero-order chi connectivity index (χ0) is 13.6. The average molecular weight is 341 g/mol. The Morgan fingerprint density at radius 3 is 2.28 bits per heavy atom. The minimum absolute atomic E-state index is 0.490. The molecule has 108 valence electrons. The van der Waals surface area contributed by atoms with Crippen molar-refractivity contribution in [1.29, 1.82) is 0 Å². The molecule has 18 heavy (non-hydrogen) atoms. The van der Waals surface area contributed by atoms with Gasteiger partial charge < -0.3 is 5.32 Å². The maximum atomic E-state index is 12.2. The topological polar surface area (TPSA) is 49.4 Å². The second kappa shape index (κ2) is 7.82. The Morgan fingerprint density at radius 2 is 1.78 bits per heavy atom. The summed E-state index contributed by atoms with van der Waals surface area (Å²) in [6, 6.07) is 0.491. The van der Waals surface area contributed by atoms with Crippen molar-refractivity contribution in [2.24, 2.45) is 0 Å². The predicted molar refractivity (Wildman–Crippen MR) is 79.4 cm³/mol. The minimum atomic E-state index is -3.21. The third kappa shape index (κ3) is 4.47. The molecule has 0 amide bonds. The zero-order valence-corrected chi connectivity index (χ0v) is 13.8. The summed E-state index contributed by atoms with van der Waals surface area (Å²) >= 11 is 3.32. The van der Waals surface area contributed by atoms with Crippen LogP contribution in [0, 0.1) is 0 Å². The highest BCUT2D eigenvalue weighted by molar-refractivity contribution is 9.11. The largest absolute Gasteiger partial charge is 0.312 e. The highest BCUT2D eigenvalue weighted by Gasteiger charge is 2.28. The van der Waals surface area contributed by atoms with Gasteiger partial charge in [-0.1, -0.05) is 49.0 Å². The molecule has 4 nitrogen and oxygen atoms in total. The molecular formula is C12H25BrN2O2S. The molecule has 0 saturated heterocycles. The van der Waals surface area contributed by atoms with E-state index in [0.29, 0.717) is 25.7 Å². The first-order valence-electron chi connectivity index (χ1n) is 6.88. The van der Waals surface area contributed by atoms with Crippen molar-refractivity contribution in [2.45, 2.75) is 56.2 Å². The standard InChI is InChI=1S/C12H25BrN2O2S/c1-3-15(4-2)18(16,17)12(13)10-14-11-8-6-5-7-9-11/h11-12,14H,3-10H2,1-2H3. The molecule has 0 aromatic carbocycles. The van der Waals surface area contributed by atoms with E-state index in [9.17, 15) is 8.42 Å². The van der Waals surface area contributed by atoms with Gasteiger partial charge in [0.15, 0.2) is 0 Å². The van der Waals surface area contributed by atoms with Crippen LogP contribution in [0.5, 0.6) is 0 Å². The Kier molecular flexibility index (Phi) is 7.13. The lowest BCUT2D eigenvalue weighted by atomic mass is 9.96. The van der Waals surface area contributed by atoms with Crippen LogP contribution in [0.4, 0.5) is 0 Å². The molecule has 1 fully saturated rings. The summed E-state index contributed by atoms with van der Waals surface area (Å²) in [7, 11) is -3.21. The number of hydrogen-bond acceptors (Lipinski definition) is 3. The van der Waals surface area contributed by atoms with Gasteiger partial charge in [0.05, 0.1) is 0 Å². The lowest BCUT2D eigenvalue weighted by Crippen LogP contribution is -2.43. The molecule has 0 heterocycles. The van der Waals surface area contributed by atoms with Crippen LogP contribution >= 0.6 is 15.9 Å². The molecule has 0 spiro atoms. The molecule has 1 unspecified atom stereocenters. The van der Waals surface area contributed by atoms with E-state index in [1.54, 1.807) is 0 Å². The number of rotatable bonds is 7. The number of hydrogen-bond donors (Lipinski definition) is 1. The average Bonchev–Trinajstić information content (AvgIpc) is 2.38. The summed E-state index contributed by atoms with van der Waals surface area (Å²) in [5.41, 5.74) is 0. The van der Waals surface area contributed by atoms with Gasteiger partial charge >= 0.3 is 0 Å². The third-order valence-corrected chi connectivity index (χ3v) is 7.35. The number of nitrogens with one attached hydrogen (secondary N) is 1. The number of halogens is 1. The summed E-state index contributed by atoms with van der Waals surface area (Å²) in [5, 5.41) is 3.38. The fourth-order valence-corrected chi connectivity index (χ4v) is 4.66. The van der Waals surface area contributed by atoms with Crippen LogP contribution in [-0.4, -0.2) is 42.6 Å². The van der Waals surface area contributed by atoms with Gasteiger partial charge in [-0.15, -0.1) is 0 Å². The van der Waals surface area contributed by atoms with Crippen molar-refractivity contribution >= 4 is 26.0 Å². The minimum Gasteiger partial charge on any atom is -0.312 e. The lowest BCUT2D eigenvalue weighted by molar-refractivity contribution is 0.376. The van der Waals surface area contributed by atoms with Gasteiger partial charge in [-0.2, -0.15) is 0 Å². The van der Waals surface area contributed by atoms with Crippen LogP contribution in [0.2, 0.25) is 0 Å². The van der Waals surface area contributed by atoms with Gasteiger partial charge in [0.1, 0.15) is 4.16 Å². The molecule has 6 heteroatoms. The van der Waals surface area contributed by atoms with Crippen molar-refractivity contribution in [1.82, 2.24) is 9.62 Å². The van der Waals surface area contributed by atoms with E-state index in [2.05, 4.69) is 21.2 Å². The Morgan fingerprint density at radius 1 is 1.22 bits per heavy atom. The van der Waals surface area contributed by atoms with Crippen LogP contribution in [-0.2, 0) is 10.0 Å². The molecule has 1 rings (SSSR count). The van der Waals surface area contributed by atoms with Crippen LogP contribution in [0.3, 0.4) is 0 Å². The molecule has 1 aliphatic carbocycles. The molecular weight excluding hydrogens is 316 g/mol. The van der Waals surface area contributed by atoms with E-state index in [1.807, 2.05) is 13.8 Å². The molecule has 1 atom stereocenters. The highest BCUT2D eigenvalue weighted by atomic mass is 79.9. The van der Waals surface area contributed by atoms with Gasteiger partial charge in [0.2, 0.25) is 10.0 Å². The summed E-state index contributed by atoms with van der Waals surface area (Å²) in [4.78, 5) is 0. The molecule has 0 bridgehead atoms. The first-order valence-corrected chi connectivity index (χ1v) is 9.30. The van der Waals surface area contributed by atoms with Crippen LogP contribution in [0.1, 0.15) is 46.0 Å². The zero-order valence-electron chi connectivity index (χ0n) is 11.4. The molecule has 0 aliphatic heterocycles. The van der Waals surface area contributed by atoms with Gasteiger partial charge in [-0.3, -0.25) is 0 Å². The Labute approximate surface area is 120 Å². The van der Waals surface area contributed by atoms with E-state index in [4.69, 9.17) is 0 Å².